The molecule has 7 aromatic rings. The van der Waals surface area contributed by atoms with E-state index in [9.17, 15) is 0 Å². The molecule has 0 aliphatic heterocycles. The molecule has 1 aromatic heterocycles. The molecule has 204 valence electrons. The number of hydrogen-bond donors (Lipinski definition) is 0. The van der Waals surface area contributed by atoms with Crippen molar-refractivity contribution in [2.45, 2.75) is 19.3 Å². The van der Waals surface area contributed by atoms with Crippen LogP contribution < -0.4 is 0 Å². The lowest BCUT2D eigenvalue weighted by atomic mass is 9.80. The molecule has 1 aliphatic rings. The van der Waals surface area contributed by atoms with Crippen molar-refractivity contribution < 1.29 is 0 Å². The van der Waals surface area contributed by atoms with Crippen molar-refractivity contribution in [2.75, 3.05) is 0 Å². The minimum absolute atomic E-state index is 0.203. The number of aromatic nitrogens is 3. The molecule has 0 N–H and O–H groups in total. The van der Waals surface area contributed by atoms with Gasteiger partial charge in [-0.05, 0) is 56.3 Å². The third kappa shape index (κ3) is 4.16. The van der Waals surface area contributed by atoms with E-state index in [1.807, 2.05) is 36.4 Å². The Morgan fingerprint density at radius 1 is 0.419 bits per heavy atom. The van der Waals surface area contributed by atoms with Crippen LogP contribution >= 0.6 is 0 Å². The first-order valence-electron chi connectivity index (χ1n) is 14.7. The van der Waals surface area contributed by atoms with E-state index in [2.05, 4.69) is 117 Å². The van der Waals surface area contributed by atoms with Crippen LogP contribution in [0.3, 0.4) is 0 Å². The highest BCUT2D eigenvalue weighted by Crippen LogP contribution is 2.54. The summed E-state index contributed by atoms with van der Waals surface area (Å²) in [4.78, 5) is 15.4. The Labute approximate surface area is 251 Å². The molecular formula is C40H29N3. The van der Waals surface area contributed by atoms with Gasteiger partial charge in [0.1, 0.15) is 0 Å². The lowest BCUT2D eigenvalue weighted by molar-refractivity contribution is 0.661. The Hall–Kier alpha value is -5.41. The Morgan fingerprint density at radius 3 is 1.58 bits per heavy atom. The lowest BCUT2D eigenvalue weighted by Gasteiger charge is -2.23. The van der Waals surface area contributed by atoms with Crippen molar-refractivity contribution >= 4 is 10.8 Å². The molecule has 0 spiro atoms. The second kappa shape index (κ2) is 9.85. The second-order valence-corrected chi connectivity index (χ2v) is 11.7. The first kappa shape index (κ1) is 25.3. The molecule has 0 radical (unpaired) electrons. The summed E-state index contributed by atoms with van der Waals surface area (Å²) in [5.41, 5.74) is 10.3. The molecule has 0 saturated carbocycles. The van der Waals surface area contributed by atoms with Crippen LogP contribution in [0, 0.1) is 0 Å². The van der Waals surface area contributed by atoms with E-state index in [4.69, 9.17) is 15.0 Å². The predicted molar refractivity (Wildman–Crippen MR) is 177 cm³/mol. The quantitative estimate of drug-likeness (QED) is 0.218. The van der Waals surface area contributed by atoms with E-state index in [1.54, 1.807) is 0 Å². The molecule has 3 nitrogen and oxygen atoms in total. The normalized spacial score (nSPS) is 13.1. The van der Waals surface area contributed by atoms with Gasteiger partial charge in [0, 0.05) is 22.1 Å². The summed E-state index contributed by atoms with van der Waals surface area (Å²) in [6, 6.07) is 48.9. The van der Waals surface area contributed by atoms with E-state index in [1.165, 1.54) is 38.8 Å². The number of nitrogens with zero attached hydrogens (tertiary/aromatic N) is 3. The molecule has 6 aromatic carbocycles. The molecular weight excluding hydrogens is 522 g/mol. The van der Waals surface area contributed by atoms with Crippen molar-refractivity contribution in [2.24, 2.45) is 0 Å². The molecule has 8 rings (SSSR count). The molecule has 1 heterocycles. The lowest BCUT2D eigenvalue weighted by Crippen LogP contribution is -2.15. The van der Waals surface area contributed by atoms with Gasteiger partial charge in [0.25, 0.3) is 0 Å². The number of rotatable bonds is 4. The molecule has 0 atom stereocenters. The van der Waals surface area contributed by atoms with E-state index in [0.29, 0.717) is 17.5 Å². The maximum absolute atomic E-state index is 5.19. The summed E-state index contributed by atoms with van der Waals surface area (Å²) in [5, 5.41) is 2.32. The van der Waals surface area contributed by atoms with E-state index < -0.39 is 0 Å². The average molecular weight is 552 g/mol. The van der Waals surface area contributed by atoms with E-state index in [0.717, 1.165) is 22.1 Å². The van der Waals surface area contributed by atoms with Gasteiger partial charge in [-0.2, -0.15) is 0 Å². The molecule has 0 bridgehead atoms. The van der Waals surface area contributed by atoms with Crippen LogP contribution in [0.15, 0.2) is 140 Å². The molecule has 0 fully saturated rings. The van der Waals surface area contributed by atoms with Gasteiger partial charge in [-0.15, -0.1) is 0 Å². The zero-order valence-corrected chi connectivity index (χ0v) is 24.1. The van der Waals surface area contributed by atoms with Crippen LogP contribution in [-0.2, 0) is 5.41 Å². The van der Waals surface area contributed by atoms with Crippen LogP contribution in [0.2, 0.25) is 0 Å². The van der Waals surface area contributed by atoms with Crippen LogP contribution in [0.25, 0.3) is 67.2 Å². The Bertz CT molecular complexity index is 2080. The highest BCUT2D eigenvalue weighted by atomic mass is 15.0. The zero-order chi connectivity index (χ0) is 29.0. The fourth-order valence-corrected chi connectivity index (χ4v) is 6.51. The number of benzene rings is 6. The van der Waals surface area contributed by atoms with E-state index in [-0.39, 0.29) is 5.41 Å². The summed E-state index contributed by atoms with van der Waals surface area (Å²) >= 11 is 0. The molecule has 43 heavy (non-hydrogen) atoms. The number of fused-ring (bicyclic) bond motifs is 4. The monoisotopic (exact) mass is 551 g/mol. The minimum Gasteiger partial charge on any atom is -0.208 e. The summed E-state index contributed by atoms with van der Waals surface area (Å²) in [7, 11) is 0. The van der Waals surface area contributed by atoms with Crippen molar-refractivity contribution in [1.29, 1.82) is 0 Å². The van der Waals surface area contributed by atoms with Crippen LogP contribution in [0.4, 0.5) is 0 Å². The smallest absolute Gasteiger partial charge is 0.165 e. The fraction of sp³-hybridized carbons (Fsp3) is 0.0750. The second-order valence-electron chi connectivity index (χ2n) is 11.7. The Kier molecular flexibility index (Phi) is 5.80. The summed E-state index contributed by atoms with van der Waals surface area (Å²) in [6.45, 7) is 4.67. The van der Waals surface area contributed by atoms with Crippen molar-refractivity contribution in [3.63, 3.8) is 0 Å². The SMILES string of the molecule is CC1(C)c2cc(-c3ccccc3)ccc2-c2c1cc1ccccc1c2-c1nc(-c2ccccc2)nc(-c2ccccc2)n1. The van der Waals surface area contributed by atoms with Gasteiger partial charge in [0.2, 0.25) is 0 Å². The molecule has 0 unspecified atom stereocenters. The van der Waals surface area contributed by atoms with Crippen molar-refractivity contribution in [3.8, 4) is 56.4 Å². The third-order valence-corrected chi connectivity index (χ3v) is 8.72. The zero-order valence-electron chi connectivity index (χ0n) is 24.1. The largest absolute Gasteiger partial charge is 0.208 e. The van der Waals surface area contributed by atoms with Gasteiger partial charge in [-0.1, -0.05) is 141 Å². The Balaban J connectivity index is 1.44. The highest BCUT2D eigenvalue weighted by molar-refractivity contribution is 6.07. The van der Waals surface area contributed by atoms with E-state index >= 15 is 0 Å². The topological polar surface area (TPSA) is 38.7 Å². The summed E-state index contributed by atoms with van der Waals surface area (Å²) < 4.78 is 0. The van der Waals surface area contributed by atoms with Crippen molar-refractivity contribution in [3.05, 3.63) is 151 Å². The van der Waals surface area contributed by atoms with Gasteiger partial charge < -0.3 is 0 Å². The summed E-state index contributed by atoms with van der Waals surface area (Å²) in [6.07, 6.45) is 0. The summed E-state index contributed by atoms with van der Waals surface area (Å²) in [5.74, 6) is 2.03. The molecule has 0 amide bonds. The predicted octanol–water partition coefficient (Wildman–Crippen LogP) is 10.00. The van der Waals surface area contributed by atoms with Gasteiger partial charge in [-0.25, -0.2) is 15.0 Å². The standard InChI is InChI=1S/C40H29N3/c1-40(2)33-24-29(26-14-6-3-7-15-26)22-23-32(33)35-34(40)25-30-20-12-13-21-31(30)36(35)39-42-37(27-16-8-4-9-17-27)41-38(43-39)28-18-10-5-11-19-28/h3-25H,1-2H3. The van der Waals surface area contributed by atoms with Gasteiger partial charge in [0.05, 0.1) is 0 Å². The fourth-order valence-electron chi connectivity index (χ4n) is 6.51. The first-order valence-corrected chi connectivity index (χ1v) is 14.7. The van der Waals surface area contributed by atoms with Gasteiger partial charge in [0.15, 0.2) is 17.5 Å². The van der Waals surface area contributed by atoms with Gasteiger partial charge in [-0.3, -0.25) is 0 Å². The Morgan fingerprint density at radius 2 is 0.953 bits per heavy atom. The van der Waals surface area contributed by atoms with Crippen LogP contribution in [0.5, 0.6) is 0 Å². The van der Waals surface area contributed by atoms with Crippen LogP contribution in [-0.4, -0.2) is 15.0 Å². The molecule has 1 aliphatic carbocycles. The third-order valence-electron chi connectivity index (χ3n) is 8.72. The van der Waals surface area contributed by atoms with Crippen molar-refractivity contribution in [1.82, 2.24) is 15.0 Å². The minimum atomic E-state index is -0.203. The maximum atomic E-state index is 5.19. The number of hydrogen-bond acceptors (Lipinski definition) is 3. The van der Waals surface area contributed by atoms with Gasteiger partial charge >= 0.3 is 0 Å². The van der Waals surface area contributed by atoms with Crippen LogP contribution in [0.1, 0.15) is 25.0 Å². The first-order chi connectivity index (χ1) is 21.1. The average Bonchev–Trinajstić information content (AvgIpc) is 3.30. The molecule has 3 heteroatoms. The highest BCUT2D eigenvalue weighted by Gasteiger charge is 2.38. The molecule has 0 saturated heterocycles. The maximum Gasteiger partial charge on any atom is 0.165 e.